The highest BCUT2D eigenvalue weighted by molar-refractivity contribution is 5.88. The molecule has 0 saturated heterocycles. The maximum Gasteiger partial charge on any atom is 0.223 e. The molecule has 5 nitrogen and oxygen atoms in total. The second-order valence-corrected chi connectivity index (χ2v) is 9.39. The molecule has 0 aromatic carbocycles. The highest BCUT2D eigenvalue weighted by Gasteiger charge is 2.27. The highest BCUT2D eigenvalue weighted by atomic mass is 15.1. The molecular formula is C25H33N5. The first-order chi connectivity index (χ1) is 14.6. The smallest absolute Gasteiger partial charge is 0.223 e. The van der Waals surface area contributed by atoms with E-state index in [0.29, 0.717) is 17.9 Å². The first kappa shape index (κ1) is 19.4. The molecule has 1 fully saturated rings. The van der Waals surface area contributed by atoms with Gasteiger partial charge in [0.05, 0.1) is 5.69 Å². The van der Waals surface area contributed by atoms with E-state index in [0.717, 1.165) is 41.4 Å². The van der Waals surface area contributed by atoms with Crippen LogP contribution in [-0.2, 0) is 6.42 Å². The molecule has 1 saturated carbocycles. The Morgan fingerprint density at radius 2 is 1.93 bits per heavy atom. The Balaban J connectivity index is 0.00000231. The highest BCUT2D eigenvalue weighted by Crippen LogP contribution is 2.40. The predicted molar refractivity (Wildman–Crippen MR) is 125 cm³/mol. The number of rotatable bonds is 4. The number of nitrogens with zero attached hydrogens (tertiary/aromatic N) is 4. The summed E-state index contributed by atoms with van der Waals surface area (Å²) in [6.45, 7) is 6.69. The van der Waals surface area contributed by atoms with Crippen LogP contribution in [0.5, 0.6) is 0 Å². The van der Waals surface area contributed by atoms with Gasteiger partial charge in [-0.15, -0.1) is 0 Å². The van der Waals surface area contributed by atoms with Gasteiger partial charge in [-0.05, 0) is 49.7 Å². The van der Waals surface area contributed by atoms with Crippen molar-refractivity contribution in [1.82, 2.24) is 15.0 Å². The van der Waals surface area contributed by atoms with Crippen molar-refractivity contribution in [2.24, 2.45) is 10.9 Å². The van der Waals surface area contributed by atoms with Gasteiger partial charge in [0.1, 0.15) is 0 Å². The monoisotopic (exact) mass is 403 g/mol. The molecule has 0 bridgehead atoms. The Bertz CT molecular complexity index is 1020. The van der Waals surface area contributed by atoms with E-state index in [4.69, 9.17) is 15.0 Å². The molecule has 1 unspecified atom stereocenters. The fourth-order valence-corrected chi connectivity index (χ4v) is 5.12. The van der Waals surface area contributed by atoms with Crippen LogP contribution in [0.1, 0.15) is 89.0 Å². The third-order valence-electron chi connectivity index (χ3n) is 6.82. The molecule has 1 aliphatic heterocycles. The average molecular weight is 404 g/mol. The number of nitrogens with one attached hydrogen (secondary N) is 1. The van der Waals surface area contributed by atoms with Gasteiger partial charge in [-0.1, -0.05) is 39.2 Å². The lowest BCUT2D eigenvalue weighted by Gasteiger charge is -2.26. The fourth-order valence-electron chi connectivity index (χ4n) is 5.12. The van der Waals surface area contributed by atoms with E-state index in [1.807, 2.05) is 12.4 Å². The van der Waals surface area contributed by atoms with Crippen LogP contribution in [-0.4, -0.2) is 26.7 Å². The topological polar surface area (TPSA) is 63.1 Å². The number of aromatic nitrogens is 3. The van der Waals surface area contributed by atoms with Crippen LogP contribution in [0, 0.1) is 5.92 Å². The molecule has 3 aliphatic rings. The summed E-state index contributed by atoms with van der Waals surface area (Å²) in [7, 11) is 0. The van der Waals surface area contributed by atoms with Gasteiger partial charge < -0.3 is 5.32 Å². The summed E-state index contributed by atoms with van der Waals surface area (Å²) in [5.74, 6) is 2.71. The minimum absolute atomic E-state index is 0. The summed E-state index contributed by atoms with van der Waals surface area (Å²) >= 11 is 0. The SMILES string of the molecule is CC1=Nc2ncc(C3=CCc4nc(NC5CCCCC5)ncc43)cc2C(C(C)C)C1.[HH]. The quantitative estimate of drug-likeness (QED) is 0.671. The van der Waals surface area contributed by atoms with Crippen LogP contribution in [0.4, 0.5) is 11.8 Å². The van der Waals surface area contributed by atoms with Crippen molar-refractivity contribution < 1.29 is 1.43 Å². The predicted octanol–water partition coefficient (Wildman–Crippen LogP) is 6.09. The van der Waals surface area contributed by atoms with Gasteiger partial charge in [0, 0.05) is 48.7 Å². The summed E-state index contributed by atoms with van der Waals surface area (Å²) in [6.07, 6.45) is 14.5. The van der Waals surface area contributed by atoms with Crippen molar-refractivity contribution >= 4 is 23.1 Å². The minimum Gasteiger partial charge on any atom is -0.351 e. The molecule has 1 N–H and O–H groups in total. The lowest BCUT2D eigenvalue weighted by molar-refractivity contribution is 0.460. The maximum atomic E-state index is 4.85. The number of fused-ring (bicyclic) bond motifs is 2. The number of aliphatic imine (C=N–C) groups is 1. The van der Waals surface area contributed by atoms with Gasteiger partial charge in [-0.2, -0.15) is 0 Å². The molecular weight excluding hydrogens is 370 g/mol. The molecule has 5 rings (SSSR count). The first-order valence-electron chi connectivity index (χ1n) is 11.5. The van der Waals surface area contributed by atoms with Crippen molar-refractivity contribution in [1.29, 1.82) is 0 Å². The van der Waals surface area contributed by atoms with E-state index in [-0.39, 0.29) is 1.43 Å². The lowest BCUT2D eigenvalue weighted by Crippen LogP contribution is -2.23. The van der Waals surface area contributed by atoms with Crippen molar-refractivity contribution in [3.63, 3.8) is 0 Å². The van der Waals surface area contributed by atoms with Gasteiger partial charge in [0.2, 0.25) is 5.95 Å². The maximum absolute atomic E-state index is 4.85. The second kappa shape index (κ2) is 7.93. The largest absolute Gasteiger partial charge is 0.351 e. The lowest BCUT2D eigenvalue weighted by atomic mass is 9.82. The third kappa shape index (κ3) is 3.66. The molecule has 0 spiro atoms. The Morgan fingerprint density at radius 1 is 1.10 bits per heavy atom. The molecule has 1 atom stereocenters. The molecule has 2 aromatic heterocycles. The summed E-state index contributed by atoms with van der Waals surface area (Å²) in [5, 5.41) is 3.56. The van der Waals surface area contributed by atoms with E-state index >= 15 is 0 Å². The van der Waals surface area contributed by atoms with E-state index in [2.05, 4.69) is 43.2 Å². The van der Waals surface area contributed by atoms with Crippen LogP contribution >= 0.6 is 0 Å². The molecule has 158 valence electrons. The molecule has 0 radical (unpaired) electrons. The molecule has 5 heteroatoms. The van der Waals surface area contributed by atoms with Gasteiger partial charge >= 0.3 is 0 Å². The summed E-state index contributed by atoms with van der Waals surface area (Å²) in [6, 6.07) is 2.82. The number of anilines is 1. The number of allylic oxidation sites excluding steroid dienone is 1. The fraction of sp³-hybridized carbons (Fsp3) is 0.520. The number of hydrogen-bond acceptors (Lipinski definition) is 5. The molecule has 3 heterocycles. The second-order valence-electron chi connectivity index (χ2n) is 9.39. The zero-order valence-corrected chi connectivity index (χ0v) is 18.3. The van der Waals surface area contributed by atoms with Gasteiger partial charge in [-0.25, -0.2) is 19.9 Å². The molecule has 30 heavy (non-hydrogen) atoms. The zero-order valence-electron chi connectivity index (χ0n) is 18.3. The van der Waals surface area contributed by atoms with Crippen LogP contribution in [0.25, 0.3) is 5.57 Å². The van der Waals surface area contributed by atoms with Crippen molar-refractivity contribution in [3.8, 4) is 0 Å². The average Bonchev–Trinajstić information content (AvgIpc) is 3.16. The minimum atomic E-state index is 0. The Labute approximate surface area is 180 Å². The van der Waals surface area contributed by atoms with E-state index < -0.39 is 0 Å². The normalized spacial score (nSPS) is 21.1. The summed E-state index contributed by atoms with van der Waals surface area (Å²) < 4.78 is 0. The van der Waals surface area contributed by atoms with Crippen molar-refractivity contribution in [2.45, 2.75) is 77.7 Å². The van der Waals surface area contributed by atoms with Crippen molar-refractivity contribution in [3.05, 3.63) is 46.9 Å². The van der Waals surface area contributed by atoms with Crippen LogP contribution in [0.15, 0.2) is 29.5 Å². The summed E-state index contributed by atoms with van der Waals surface area (Å²) in [4.78, 5) is 18.9. The van der Waals surface area contributed by atoms with E-state index in [9.17, 15) is 0 Å². The van der Waals surface area contributed by atoms with Gasteiger partial charge in [0.15, 0.2) is 5.82 Å². The van der Waals surface area contributed by atoms with E-state index in [1.54, 1.807) is 0 Å². The Hall–Kier alpha value is -2.56. The Morgan fingerprint density at radius 3 is 2.73 bits per heavy atom. The Kier molecular flexibility index (Phi) is 5.13. The molecule has 0 amide bonds. The van der Waals surface area contributed by atoms with Crippen LogP contribution < -0.4 is 5.32 Å². The zero-order chi connectivity index (χ0) is 20.7. The molecule has 2 aliphatic carbocycles. The van der Waals surface area contributed by atoms with Crippen LogP contribution in [0.2, 0.25) is 0 Å². The standard InChI is InChI=1S/C25H31N5.H2/c1-15(2)20-11-16(3)28-24-21(20)12-17(13-26-24)19-9-10-23-22(19)14-27-25(30-23)29-18-7-5-4-6-8-18;/h9,12-15,18,20H,4-8,10-11H2,1-3H3,(H,27,29,30);1H. The molecule has 2 aromatic rings. The van der Waals surface area contributed by atoms with Gasteiger partial charge in [-0.3, -0.25) is 0 Å². The number of hydrogen-bond donors (Lipinski definition) is 1. The first-order valence-corrected chi connectivity index (χ1v) is 11.5. The van der Waals surface area contributed by atoms with Gasteiger partial charge in [0.25, 0.3) is 0 Å². The van der Waals surface area contributed by atoms with E-state index in [1.165, 1.54) is 49.0 Å². The van der Waals surface area contributed by atoms with Crippen molar-refractivity contribution in [2.75, 3.05) is 5.32 Å². The summed E-state index contributed by atoms with van der Waals surface area (Å²) in [5.41, 5.74) is 7.08. The van der Waals surface area contributed by atoms with Crippen LogP contribution in [0.3, 0.4) is 0 Å². The number of pyridine rings is 1. The third-order valence-corrected chi connectivity index (χ3v) is 6.82.